The highest BCUT2D eigenvalue weighted by Gasteiger charge is 2.09. The zero-order valence-corrected chi connectivity index (χ0v) is 10.9. The Morgan fingerprint density at radius 2 is 1.83 bits per heavy atom. The van der Waals surface area contributed by atoms with E-state index in [0.29, 0.717) is 15.6 Å². The number of carbonyl (C=O) groups is 1. The minimum Gasteiger partial charge on any atom is -0.508 e. The number of hydrogen-bond donors (Lipinski definition) is 1. The van der Waals surface area contributed by atoms with Gasteiger partial charge in [0.15, 0.2) is 5.78 Å². The van der Waals surface area contributed by atoms with Gasteiger partial charge in [0.05, 0.1) is 10.0 Å². The zero-order chi connectivity index (χ0) is 13.1. The van der Waals surface area contributed by atoms with Crippen LogP contribution in [0.3, 0.4) is 0 Å². The standard InChI is InChI=1S/C14H10Cl2O2/c15-12-5-4-10(8-13(12)16)14(18)7-9-2-1-3-11(17)6-9/h1-6,8,17H,7H2. The fourth-order valence-corrected chi connectivity index (χ4v) is 1.92. The van der Waals surface area contributed by atoms with E-state index < -0.39 is 0 Å². The molecule has 0 aliphatic heterocycles. The molecule has 0 aliphatic carbocycles. The van der Waals surface area contributed by atoms with Crippen molar-refractivity contribution < 1.29 is 9.90 Å². The van der Waals surface area contributed by atoms with Crippen LogP contribution in [-0.4, -0.2) is 10.9 Å². The van der Waals surface area contributed by atoms with Gasteiger partial charge >= 0.3 is 0 Å². The first-order valence-corrected chi connectivity index (χ1v) is 6.08. The first kappa shape index (κ1) is 12.9. The largest absolute Gasteiger partial charge is 0.508 e. The first-order valence-electron chi connectivity index (χ1n) is 5.32. The molecule has 92 valence electrons. The molecule has 0 aliphatic rings. The minimum absolute atomic E-state index is 0.0702. The van der Waals surface area contributed by atoms with Crippen molar-refractivity contribution in [1.29, 1.82) is 0 Å². The molecular weight excluding hydrogens is 271 g/mol. The average Bonchev–Trinajstić information content (AvgIpc) is 2.32. The van der Waals surface area contributed by atoms with Gasteiger partial charge in [0.25, 0.3) is 0 Å². The van der Waals surface area contributed by atoms with Crippen LogP contribution in [0.1, 0.15) is 15.9 Å². The summed E-state index contributed by atoms with van der Waals surface area (Å²) in [5.74, 6) is 0.0774. The van der Waals surface area contributed by atoms with E-state index in [-0.39, 0.29) is 18.0 Å². The maximum absolute atomic E-state index is 12.0. The van der Waals surface area contributed by atoms with Gasteiger partial charge in [-0.2, -0.15) is 0 Å². The average molecular weight is 281 g/mol. The molecular formula is C14H10Cl2O2. The van der Waals surface area contributed by atoms with Gasteiger partial charge in [-0.15, -0.1) is 0 Å². The fraction of sp³-hybridized carbons (Fsp3) is 0.0714. The van der Waals surface area contributed by atoms with Crippen molar-refractivity contribution in [2.45, 2.75) is 6.42 Å². The van der Waals surface area contributed by atoms with Crippen molar-refractivity contribution in [3.8, 4) is 5.75 Å². The number of aromatic hydroxyl groups is 1. The van der Waals surface area contributed by atoms with E-state index >= 15 is 0 Å². The van der Waals surface area contributed by atoms with E-state index in [4.69, 9.17) is 23.2 Å². The Labute approximate surface area is 115 Å². The number of rotatable bonds is 3. The van der Waals surface area contributed by atoms with Crippen molar-refractivity contribution in [2.75, 3.05) is 0 Å². The number of Topliss-reactive ketones (excluding diaryl/α,β-unsaturated/α-hetero) is 1. The minimum atomic E-state index is -0.0702. The smallest absolute Gasteiger partial charge is 0.167 e. The lowest BCUT2D eigenvalue weighted by Gasteiger charge is -2.03. The molecule has 0 aromatic heterocycles. The molecule has 18 heavy (non-hydrogen) atoms. The molecule has 0 amide bonds. The normalized spacial score (nSPS) is 10.3. The summed E-state index contributed by atoms with van der Waals surface area (Å²) < 4.78 is 0. The molecule has 0 spiro atoms. The predicted molar refractivity (Wildman–Crippen MR) is 72.6 cm³/mol. The number of carbonyl (C=O) groups excluding carboxylic acids is 1. The summed E-state index contributed by atoms with van der Waals surface area (Å²) in [5.41, 5.74) is 1.26. The van der Waals surface area contributed by atoms with Crippen LogP contribution in [0, 0.1) is 0 Å². The molecule has 0 radical (unpaired) electrons. The predicted octanol–water partition coefficient (Wildman–Crippen LogP) is 4.12. The van der Waals surface area contributed by atoms with E-state index in [1.807, 2.05) is 0 Å². The molecule has 0 bridgehead atoms. The van der Waals surface area contributed by atoms with Gasteiger partial charge in [-0.3, -0.25) is 4.79 Å². The summed E-state index contributed by atoms with van der Waals surface area (Å²) in [6.45, 7) is 0. The van der Waals surface area contributed by atoms with Crippen LogP contribution >= 0.6 is 23.2 Å². The summed E-state index contributed by atoms with van der Waals surface area (Å²) in [6, 6.07) is 11.4. The second-order valence-electron chi connectivity index (χ2n) is 3.90. The van der Waals surface area contributed by atoms with Crippen LogP contribution < -0.4 is 0 Å². The van der Waals surface area contributed by atoms with E-state index in [2.05, 4.69) is 0 Å². The van der Waals surface area contributed by atoms with Gasteiger partial charge in [0.2, 0.25) is 0 Å². The van der Waals surface area contributed by atoms with Crippen molar-refractivity contribution in [1.82, 2.24) is 0 Å². The molecule has 0 saturated heterocycles. The summed E-state index contributed by atoms with van der Waals surface area (Å²) in [7, 11) is 0. The Morgan fingerprint density at radius 1 is 1.06 bits per heavy atom. The van der Waals surface area contributed by atoms with Crippen molar-refractivity contribution in [3.63, 3.8) is 0 Å². The monoisotopic (exact) mass is 280 g/mol. The Hall–Kier alpha value is -1.51. The number of phenols is 1. The molecule has 2 rings (SSSR count). The number of halogens is 2. The van der Waals surface area contributed by atoms with Crippen LogP contribution in [0.25, 0.3) is 0 Å². The Bertz CT molecular complexity index is 594. The van der Waals surface area contributed by atoms with E-state index in [0.717, 1.165) is 5.56 Å². The second kappa shape index (κ2) is 5.42. The molecule has 1 N–H and O–H groups in total. The van der Waals surface area contributed by atoms with Crippen LogP contribution in [0.2, 0.25) is 10.0 Å². The van der Waals surface area contributed by atoms with Gasteiger partial charge < -0.3 is 5.11 Å². The van der Waals surface area contributed by atoms with Crippen molar-refractivity contribution >= 4 is 29.0 Å². The summed E-state index contributed by atoms with van der Waals surface area (Å²) in [5, 5.41) is 10.1. The highest BCUT2D eigenvalue weighted by atomic mass is 35.5. The van der Waals surface area contributed by atoms with Crippen molar-refractivity contribution in [2.24, 2.45) is 0 Å². The maximum atomic E-state index is 12.0. The topological polar surface area (TPSA) is 37.3 Å². The van der Waals surface area contributed by atoms with Gasteiger partial charge in [-0.05, 0) is 35.9 Å². The Kier molecular flexibility index (Phi) is 3.90. The Balaban J connectivity index is 2.19. The number of ketones is 1. The first-order chi connectivity index (χ1) is 8.56. The SMILES string of the molecule is O=C(Cc1cccc(O)c1)c1ccc(Cl)c(Cl)c1. The van der Waals surface area contributed by atoms with E-state index in [1.165, 1.54) is 0 Å². The third-order valence-electron chi connectivity index (χ3n) is 2.52. The molecule has 2 nitrogen and oxygen atoms in total. The number of hydrogen-bond acceptors (Lipinski definition) is 2. The lowest BCUT2D eigenvalue weighted by atomic mass is 10.0. The summed E-state index contributed by atoms with van der Waals surface area (Å²) in [6.07, 6.45) is 0.215. The maximum Gasteiger partial charge on any atom is 0.167 e. The third kappa shape index (κ3) is 3.03. The summed E-state index contributed by atoms with van der Waals surface area (Å²) >= 11 is 11.7. The molecule has 2 aromatic carbocycles. The molecule has 0 atom stereocenters. The molecule has 0 unspecified atom stereocenters. The van der Waals surface area contributed by atoms with Crippen LogP contribution in [0.4, 0.5) is 0 Å². The van der Waals surface area contributed by atoms with E-state index in [9.17, 15) is 9.90 Å². The van der Waals surface area contributed by atoms with Gasteiger partial charge in [0.1, 0.15) is 5.75 Å². The van der Waals surface area contributed by atoms with E-state index in [1.54, 1.807) is 42.5 Å². The highest BCUT2D eigenvalue weighted by molar-refractivity contribution is 6.42. The highest BCUT2D eigenvalue weighted by Crippen LogP contribution is 2.23. The molecule has 0 fully saturated rings. The van der Waals surface area contributed by atoms with Crippen LogP contribution in [0.15, 0.2) is 42.5 Å². The Morgan fingerprint density at radius 3 is 2.50 bits per heavy atom. The second-order valence-corrected chi connectivity index (χ2v) is 4.71. The quantitative estimate of drug-likeness (QED) is 0.859. The van der Waals surface area contributed by atoms with Gasteiger partial charge in [0, 0.05) is 12.0 Å². The lowest BCUT2D eigenvalue weighted by molar-refractivity contribution is 0.0993. The zero-order valence-electron chi connectivity index (χ0n) is 9.36. The van der Waals surface area contributed by atoms with Gasteiger partial charge in [-0.1, -0.05) is 35.3 Å². The van der Waals surface area contributed by atoms with Gasteiger partial charge in [-0.25, -0.2) is 0 Å². The summed E-state index contributed by atoms with van der Waals surface area (Å²) in [4.78, 5) is 12.0. The molecule has 2 aromatic rings. The fourth-order valence-electron chi connectivity index (χ4n) is 1.62. The molecule has 0 heterocycles. The lowest BCUT2D eigenvalue weighted by Crippen LogP contribution is -2.03. The third-order valence-corrected chi connectivity index (χ3v) is 3.26. The van der Waals surface area contributed by atoms with Crippen LogP contribution in [0.5, 0.6) is 5.75 Å². The van der Waals surface area contributed by atoms with Crippen molar-refractivity contribution in [3.05, 3.63) is 63.6 Å². The number of phenolic OH excluding ortho intramolecular Hbond substituents is 1. The van der Waals surface area contributed by atoms with Crippen LogP contribution in [-0.2, 0) is 6.42 Å². The molecule has 4 heteroatoms. The molecule has 0 saturated carbocycles. The number of benzene rings is 2.